The number of carbonyl (C=O) groups is 1. The van der Waals surface area contributed by atoms with E-state index in [-0.39, 0.29) is 5.91 Å². The van der Waals surface area contributed by atoms with E-state index in [0.717, 1.165) is 49.5 Å². The maximum absolute atomic E-state index is 12.4. The van der Waals surface area contributed by atoms with Crippen LogP contribution >= 0.6 is 0 Å². The van der Waals surface area contributed by atoms with Crippen LogP contribution in [-0.4, -0.2) is 50.3 Å². The number of benzene rings is 1. The van der Waals surface area contributed by atoms with Crippen LogP contribution < -0.4 is 9.47 Å². The van der Waals surface area contributed by atoms with Crippen LogP contribution in [0.2, 0.25) is 0 Å². The van der Waals surface area contributed by atoms with Crippen molar-refractivity contribution in [1.82, 2.24) is 4.90 Å². The third kappa shape index (κ3) is 4.38. The van der Waals surface area contributed by atoms with Crippen LogP contribution in [0.3, 0.4) is 0 Å². The first-order chi connectivity index (χ1) is 11.2. The molecule has 0 aromatic heterocycles. The van der Waals surface area contributed by atoms with Gasteiger partial charge in [0.15, 0.2) is 11.5 Å². The third-order valence-electron chi connectivity index (χ3n) is 4.45. The fourth-order valence-corrected chi connectivity index (χ4v) is 3.00. The minimum absolute atomic E-state index is 0.123. The molecular formula is C18H25NO4. The van der Waals surface area contributed by atoms with E-state index in [1.807, 2.05) is 25.2 Å². The van der Waals surface area contributed by atoms with E-state index in [4.69, 9.17) is 14.2 Å². The Balaban J connectivity index is 1.49. The van der Waals surface area contributed by atoms with Crippen molar-refractivity contribution in [2.75, 3.05) is 33.4 Å². The molecule has 0 spiro atoms. The van der Waals surface area contributed by atoms with Crippen molar-refractivity contribution in [3.8, 4) is 11.5 Å². The van der Waals surface area contributed by atoms with E-state index in [0.29, 0.717) is 25.7 Å². The monoisotopic (exact) mass is 319 g/mol. The van der Waals surface area contributed by atoms with Gasteiger partial charge in [0.05, 0.1) is 12.5 Å². The molecule has 0 aliphatic carbocycles. The SMILES string of the molecule is CN(CCC1CCCCO1)C(=O)Cc1ccc2c(c1)OCCO2. The average Bonchev–Trinajstić information content (AvgIpc) is 2.60. The zero-order valence-electron chi connectivity index (χ0n) is 13.8. The minimum Gasteiger partial charge on any atom is -0.486 e. The Kier molecular flexibility index (Phi) is 5.39. The van der Waals surface area contributed by atoms with Crippen LogP contribution in [0, 0.1) is 0 Å². The summed E-state index contributed by atoms with van der Waals surface area (Å²) in [6, 6.07) is 5.72. The number of rotatable bonds is 5. The summed E-state index contributed by atoms with van der Waals surface area (Å²) in [5, 5.41) is 0. The summed E-state index contributed by atoms with van der Waals surface area (Å²) in [7, 11) is 1.86. The number of nitrogens with zero attached hydrogens (tertiary/aromatic N) is 1. The maximum atomic E-state index is 12.4. The quantitative estimate of drug-likeness (QED) is 0.836. The highest BCUT2D eigenvalue weighted by molar-refractivity contribution is 5.78. The highest BCUT2D eigenvalue weighted by Gasteiger charge is 2.18. The predicted molar refractivity (Wildman–Crippen MR) is 87.0 cm³/mol. The maximum Gasteiger partial charge on any atom is 0.226 e. The zero-order valence-corrected chi connectivity index (χ0v) is 13.8. The van der Waals surface area contributed by atoms with Crippen molar-refractivity contribution in [1.29, 1.82) is 0 Å². The van der Waals surface area contributed by atoms with Crippen molar-refractivity contribution in [2.45, 2.75) is 38.2 Å². The Morgan fingerprint density at radius 2 is 2.00 bits per heavy atom. The minimum atomic E-state index is 0.123. The first-order valence-electron chi connectivity index (χ1n) is 8.46. The van der Waals surface area contributed by atoms with Gasteiger partial charge in [-0.15, -0.1) is 0 Å². The second-order valence-corrected chi connectivity index (χ2v) is 6.25. The molecule has 23 heavy (non-hydrogen) atoms. The molecule has 0 radical (unpaired) electrons. The molecular weight excluding hydrogens is 294 g/mol. The van der Waals surface area contributed by atoms with Gasteiger partial charge in [-0.25, -0.2) is 0 Å². The summed E-state index contributed by atoms with van der Waals surface area (Å²) in [4.78, 5) is 14.2. The molecule has 0 bridgehead atoms. The molecule has 1 atom stereocenters. The zero-order chi connectivity index (χ0) is 16.1. The molecule has 1 fully saturated rings. The van der Waals surface area contributed by atoms with Gasteiger partial charge < -0.3 is 19.1 Å². The highest BCUT2D eigenvalue weighted by atomic mass is 16.6. The normalized spacial score (nSPS) is 20.1. The Morgan fingerprint density at radius 3 is 2.78 bits per heavy atom. The molecule has 0 N–H and O–H groups in total. The van der Waals surface area contributed by atoms with Gasteiger partial charge >= 0.3 is 0 Å². The number of amides is 1. The molecule has 1 amide bonds. The molecule has 2 heterocycles. The summed E-state index contributed by atoms with van der Waals surface area (Å²) in [6.07, 6.45) is 5.13. The van der Waals surface area contributed by atoms with E-state index in [1.54, 1.807) is 4.90 Å². The van der Waals surface area contributed by atoms with Crippen LogP contribution in [0.25, 0.3) is 0 Å². The Bertz CT molecular complexity index is 540. The molecule has 1 unspecified atom stereocenters. The average molecular weight is 319 g/mol. The van der Waals surface area contributed by atoms with Gasteiger partial charge in [0.25, 0.3) is 0 Å². The molecule has 1 aromatic carbocycles. The number of ether oxygens (including phenoxy) is 3. The van der Waals surface area contributed by atoms with Crippen LogP contribution in [0.15, 0.2) is 18.2 Å². The van der Waals surface area contributed by atoms with Gasteiger partial charge in [-0.1, -0.05) is 6.07 Å². The van der Waals surface area contributed by atoms with E-state index < -0.39 is 0 Å². The second-order valence-electron chi connectivity index (χ2n) is 6.25. The van der Waals surface area contributed by atoms with Crippen molar-refractivity contribution in [2.24, 2.45) is 0 Å². The fraction of sp³-hybridized carbons (Fsp3) is 0.611. The van der Waals surface area contributed by atoms with E-state index in [2.05, 4.69) is 0 Å². The van der Waals surface area contributed by atoms with Gasteiger partial charge in [-0.05, 0) is 43.4 Å². The summed E-state index contributed by atoms with van der Waals surface area (Å²) in [5.41, 5.74) is 0.958. The predicted octanol–water partition coefficient (Wildman–Crippen LogP) is 2.42. The third-order valence-corrected chi connectivity index (χ3v) is 4.45. The van der Waals surface area contributed by atoms with E-state index in [9.17, 15) is 4.79 Å². The lowest BCUT2D eigenvalue weighted by atomic mass is 10.1. The van der Waals surface area contributed by atoms with Crippen LogP contribution in [0.4, 0.5) is 0 Å². The largest absolute Gasteiger partial charge is 0.486 e. The van der Waals surface area contributed by atoms with Crippen molar-refractivity contribution < 1.29 is 19.0 Å². The molecule has 2 aliphatic rings. The molecule has 2 aliphatic heterocycles. The summed E-state index contributed by atoms with van der Waals surface area (Å²) < 4.78 is 16.8. The number of likely N-dealkylation sites (N-methyl/N-ethyl adjacent to an activating group) is 1. The van der Waals surface area contributed by atoms with Crippen LogP contribution in [-0.2, 0) is 16.0 Å². The van der Waals surface area contributed by atoms with Crippen molar-refractivity contribution in [3.63, 3.8) is 0 Å². The van der Waals surface area contributed by atoms with Crippen molar-refractivity contribution in [3.05, 3.63) is 23.8 Å². The lowest BCUT2D eigenvalue weighted by Crippen LogP contribution is -2.32. The molecule has 1 saturated heterocycles. The number of hydrogen-bond acceptors (Lipinski definition) is 4. The first kappa shape index (κ1) is 16.1. The highest BCUT2D eigenvalue weighted by Crippen LogP contribution is 2.31. The Morgan fingerprint density at radius 1 is 1.17 bits per heavy atom. The van der Waals surface area contributed by atoms with Gasteiger partial charge in [0.1, 0.15) is 13.2 Å². The number of hydrogen-bond donors (Lipinski definition) is 0. The molecule has 5 heteroatoms. The summed E-state index contributed by atoms with van der Waals surface area (Å²) in [6.45, 7) is 2.75. The van der Waals surface area contributed by atoms with E-state index in [1.165, 1.54) is 6.42 Å². The lowest BCUT2D eigenvalue weighted by molar-refractivity contribution is -0.129. The molecule has 3 rings (SSSR count). The first-order valence-corrected chi connectivity index (χ1v) is 8.46. The van der Waals surface area contributed by atoms with Crippen LogP contribution in [0.1, 0.15) is 31.2 Å². The Hall–Kier alpha value is -1.75. The number of carbonyl (C=O) groups excluding carboxylic acids is 1. The Labute approximate surface area is 137 Å². The lowest BCUT2D eigenvalue weighted by Gasteiger charge is -2.25. The van der Waals surface area contributed by atoms with Gasteiger partial charge in [-0.2, -0.15) is 0 Å². The van der Waals surface area contributed by atoms with E-state index >= 15 is 0 Å². The summed E-state index contributed by atoms with van der Waals surface area (Å²) in [5.74, 6) is 1.62. The summed E-state index contributed by atoms with van der Waals surface area (Å²) >= 11 is 0. The molecule has 0 saturated carbocycles. The molecule has 5 nitrogen and oxygen atoms in total. The van der Waals surface area contributed by atoms with Crippen LogP contribution in [0.5, 0.6) is 11.5 Å². The topological polar surface area (TPSA) is 48.0 Å². The van der Waals surface area contributed by atoms with Gasteiger partial charge in [-0.3, -0.25) is 4.79 Å². The second kappa shape index (κ2) is 7.68. The number of fused-ring (bicyclic) bond motifs is 1. The fourth-order valence-electron chi connectivity index (χ4n) is 3.00. The smallest absolute Gasteiger partial charge is 0.226 e. The van der Waals surface area contributed by atoms with Gasteiger partial charge in [0, 0.05) is 20.2 Å². The van der Waals surface area contributed by atoms with Gasteiger partial charge in [0.2, 0.25) is 5.91 Å². The van der Waals surface area contributed by atoms with Crippen molar-refractivity contribution >= 4 is 5.91 Å². The standard InChI is InChI=1S/C18H25NO4/c1-19(8-7-15-4-2-3-9-21-15)18(20)13-14-5-6-16-17(12-14)23-11-10-22-16/h5-6,12,15H,2-4,7-11,13H2,1H3. The molecule has 1 aromatic rings. The molecule has 126 valence electrons.